The number of aliphatic carboxylic acids is 1. The largest absolute Gasteiger partial charge is 0.497 e. The smallest absolute Gasteiger partial charge is 0.320 e. The van der Waals surface area contributed by atoms with Gasteiger partial charge in [-0.2, -0.15) is 0 Å². The number of carbonyl (C=O) groups is 2. The molecule has 0 saturated heterocycles. The Morgan fingerprint density at radius 1 is 0.971 bits per heavy atom. The molecule has 9 heteroatoms. The summed E-state index contributed by atoms with van der Waals surface area (Å²) < 4.78 is 10.3. The van der Waals surface area contributed by atoms with Crippen molar-refractivity contribution in [3.63, 3.8) is 0 Å². The quantitative estimate of drug-likeness (QED) is 0.270. The Hall–Kier alpha value is -3.98. The average Bonchev–Trinajstić information content (AvgIpc) is 3.42. The number of hydrogen-bond acceptors (Lipinski definition) is 5. The highest BCUT2D eigenvalue weighted by Gasteiger charge is 2.15. The molecule has 4 rings (SSSR count). The van der Waals surface area contributed by atoms with E-state index in [1.54, 1.807) is 20.4 Å². The number of carboxylic acids is 1. The van der Waals surface area contributed by atoms with Gasteiger partial charge in [0.05, 0.1) is 14.2 Å². The maximum Gasteiger partial charge on any atom is 0.320 e. The molecule has 2 aromatic heterocycles. The molecule has 0 aliphatic carbocycles. The second-order valence-corrected chi connectivity index (χ2v) is 7.83. The molecule has 4 aromatic rings. The summed E-state index contributed by atoms with van der Waals surface area (Å²) in [5, 5.41) is 13.7. The van der Waals surface area contributed by atoms with E-state index in [1.807, 2.05) is 42.6 Å². The molecule has 0 fully saturated rings. The van der Waals surface area contributed by atoms with Gasteiger partial charge < -0.3 is 35.6 Å². The second kappa shape index (κ2) is 11.2. The van der Waals surface area contributed by atoms with Gasteiger partial charge in [0.15, 0.2) is 0 Å². The number of carboxylic acid groups (broad SMARTS) is 1. The molecule has 0 bridgehead atoms. The van der Waals surface area contributed by atoms with Crippen LogP contribution in [0.25, 0.3) is 21.8 Å². The molecule has 180 valence electrons. The molecule has 34 heavy (non-hydrogen) atoms. The van der Waals surface area contributed by atoms with Gasteiger partial charge in [-0.1, -0.05) is 0 Å². The third-order valence-corrected chi connectivity index (χ3v) is 5.47. The van der Waals surface area contributed by atoms with Gasteiger partial charge in [-0.3, -0.25) is 9.59 Å². The Balaban J connectivity index is 0.000000191. The lowest BCUT2D eigenvalue weighted by atomic mass is 10.1. The van der Waals surface area contributed by atoms with Gasteiger partial charge in [0.1, 0.15) is 17.5 Å². The molecule has 2 aromatic carbocycles. The lowest BCUT2D eigenvalue weighted by Crippen LogP contribution is -2.32. The van der Waals surface area contributed by atoms with Crippen LogP contribution in [0.1, 0.15) is 18.1 Å². The Morgan fingerprint density at radius 2 is 1.50 bits per heavy atom. The number of nitrogens with two attached hydrogens (primary N) is 1. The fourth-order valence-corrected chi connectivity index (χ4v) is 3.64. The number of amides is 1. The number of ether oxygens (including phenoxy) is 2. The van der Waals surface area contributed by atoms with Crippen molar-refractivity contribution in [1.82, 2.24) is 15.3 Å². The number of methoxy groups -OCH3 is 2. The van der Waals surface area contributed by atoms with Crippen molar-refractivity contribution in [1.29, 1.82) is 0 Å². The number of rotatable bonds is 8. The third kappa shape index (κ3) is 6.08. The fourth-order valence-electron chi connectivity index (χ4n) is 3.64. The molecular formula is C25H30N4O5. The van der Waals surface area contributed by atoms with Crippen LogP contribution in [0.5, 0.6) is 11.5 Å². The van der Waals surface area contributed by atoms with Crippen LogP contribution in [0, 0.1) is 0 Å². The minimum absolute atomic E-state index is 0.00224. The topological polar surface area (TPSA) is 142 Å². The summed E-state index contributed by atoms with van der Waals surface area (Å²) >= 11 is 0. The standard InChI is InChI=1S/C13H16N2O2.C12H14N2O3/c1-9(16)14-6-5-10-8-15-13-4-3-11(17-2)7-12(10)13;1-17-8-2-3-11-9(5-8)7(6-14-11)4-10(13)12(15)16/h3-4,7-8,15H,5-6H2,1-2H3,(H,14,16);2-3,5-6,10,14H,4,13H2,1H3,(H,15,16)/t;10-/m.0/s1. The molecule has 6 N–H and O–H groups in total. The van der Waals surface area contributed by atoms with Gasteiger partial charge >= 0.3 is 5.97 Å². The first-order chi connectivity index (χ1) is 16.3. The first-order valence-electron chi connectivity index (χ1n) is 10.8. The molecule has 1 amide bonds. The third-order valence-electron chi connectivity index (χ3n) is 5.47. The molecule has 1 atom stereocenters. The van der Waals surface area contributed by atoms with Crippen molar-refractivity contribution in [2.75, 3.05) is 20.8 Å². The fraction of sp³-hybridized carbons (Fsp3) is 0.280. The van der Waals surface area contributed by atoms with Crippen molar-refractivity contribution >= 4 is 33.7 Å². The van der Waals surface area contributed by atoms with Gasteiger partial charge in [-0.25, -0.2) is 0 Å². The first-order valence-corrected chi connectivity index (χ1v) is 10.8. The second-order valence-electron chi connectivity index (χ2n) is 7.83. The number of hydrogen-bond donors (Lipinski definition) is 5. The van der Waals surface area contributed by atoms with Crippen molar-refractivity contribution in [3.05, 3.63) is 59.9 Å². The Kier molecular flexibility index (Phi) is 8.15. The van der Waals surface area contributed by atoms with E-state index in [0.717, 1.165) is 45.3 Å². The molecule has 9 nitrogen and oxygen atoms in total. The minimum Gasteiger partial charge on any atom is -0.497 e. The van der Waals surface area contributed by atoms with E-state index in [1.165, 1.54) is 12.5 Å². The Labute approximate surface area is 197 Å². The summed E-state index contributed by atoms with van der Waals surface area (Å²) in [6, 6.07) is 10.7. The van der Waals surface area contributed by atoms with Crippen LogP contribution >= 0.6 is 0 Å². The molecule has 0 aliphatic rings. The summed E-state index contributed by atoms with van der Waals surface area (Å²) in [5.41, 5.74) is 9.63. The number of aromatic nitrogens is 2. The van der Waals surface area contributed by atoms with Gasteiger partial charge in [0.25, 0.3) is 0 Å². The SMILES string of the molecule is COc1ccc2[nH]cc(CCNC(C)=O)c2c1.COc1ccc2[nH]cc(C[C@H](N)C(=O)O)c2c1. The summed E-state index contributed by atoms with van der Waals surface area (Å²) in [5.74, 6) is 0.588. The molecule has 2 heterocycles. The van der Waals surface area contributed by atoms with Crippen LogP contribution in [0.2, 0.25) is 0 Å². The summed E-state index contributed by atoms with van der Waals surface area (Å²) in [6.07, 6.45) is 4.87. The lowest BCUT2D eigenvalue weighted by molar-refractivity contribution is -0.138. The van der Waals surface area contributed by atoms with Crippen molar-refractivity contribution in [2.24, 2.45) is 5.73 Å². The van der Waals surface area contributed by atoms with Crippen LogP contribution in [0.3, 0.4) is 0 Å². The van der Waals surface area contributed by atoms with Crippen LogP contribution in [0.15, 0.2) is 48.8 Å². The highest BCUT2D eigenvalue weighted by Crippen LogP contribution is 2.25. The minimum atomic E-state index is -0.998. The monoisotopic (exact) mass is 466 g/mol. The van der Waals surface area contributed by atoms with E-state index in [0.29, 0.717) is 13.0 Å². The van der Waals surface area contributed by atoms with Crippen molar-refractivity contribution in [3.8, 4) is 11.5 Å². The van der Waals surface area contributed by atoms with Gasteiger partial charge in [-0.15, -0.1) is 0 Å². The van der Waals surface area contributed by atoms with E-state index in [9.17, 15) is 9.59 Å². The molecule has 0 unspecified atom stereocenters. The summed E-state index contributed by atoms with van der Waals surface area (Å²) in [6.45, 7) is 2.18. The number of H-pyrrole nitrogens is 2. The van der Waals surface area contributed by atoms with E-state index in [4.69, 9.17) is 20.3 Å². The zero-order valence-electron chi connectivity index (χ0n) is 19.5. The maximum absolute atomic E-state index is 10.8. The number of nitrogens with one attached hydrogen (secondary N) is 3. The van der Waals surface area contributed by atoms with E-state index in [-0.39, 0.29) is 5.91 Å². The van der Waals surface area contributed by atoms with Crippen LogP contribution < -0.4 is 20.5 Å². The van der Waals surface area contributed by atoms with Crippen molar-refractivity contribution in [2.45, 2.75) is 25.8 Å². The summed E-state index contributed by atoms with van der Waals surface area (Å²) in [7, 11) is 3.25. The molecule has 0 spiro atoms. The predicted octanol–water partition coefficient (Wildman–Crippen LogP) is 2.99. The van der Waals surface area contributed by atoms with E-state index < -0.39 is 12.0 Å². The van der Waals surface area contributed by atoms with Crippen LogP contribution in [-0.2, 0) is 22.4 Å². The van der Waals surface area contributed by atoms with E-state index in [2.05, 4.69) is 15.3 Å². The lowest BCUT2D eigenvalue weighted by Gasteiger charge is -2.05. The van der Waals surface area contributed by atoms with Crippen LogP contribution in [0.4, 0.5) is 0 Å². The number of benzene rings is 2. The molecule has 0 radical (unpaired) electrons. The highest BCUT2D eigenvalue weighted by atomic mass is 16.5. The van der Waals surface area contributed by atoms with E-state index >= 15 is 0 Å². The van der Waals surface area contributed by atoms with Gasteiger partial charge in [0.2, 0.25) is 5.91 Å². The highest BCUT2D eigenvalue weighted by molar-refractivity contribution is 5.86. The van der Waals surface area contributed by atoms with Crippen molar-refractivity contribution < 1.29 is 24.2 Å². The van der Waals surface area contributed by atoms with Crippen LogP contribution in [-0.4, -0.2) is 53.8 Å². The molecule has 0 saturated carbocycles. The number of aromatic amines is 2. The Bertz CT molecular complexity index is 1280. The van der Waals surface area contributed by atoms with Gasteiger partial charge in [-0.05, 0) is 53.9 Å². The zero-order chi connectivity index (χ0) is 24.7. The normalized spacial score (nSPS) is 11.5. The average molecular weight is 467 g/mol. The predicted molar refractivity (Wildman–Crippen MR) is 131 cm³/mol. The summed E-state index contributed by atoms with van der Waals surface area (Å²) in [4.78, 5) is 27.8. The van der Waals surface area contributed by atoms with Gasteiger partial charge in [0, 0.05) is 54.1 Å². The zero-order valence-corrected chi connectivity index (χ0v) is 19.5. The number of fused-ring (bicyclic) bond motifs is 2. The maximum atomic E-state index is 10.8. The molecular weight excluding hydrogens is 436 g/mol. The molecule has 0 aliphatic heterocycles. The number of carbonyl (C=O) groups excluding carboxylic acids is 1. The Morgan fingerprint density at radius 3 is 2.00 bits per heavy atom. The first kappa shape index (κ1) is 24.7.